The van der Waals surface area contributed by atoms with Crippen molar-refractivity contribution in [2.24, 2.45) is 5.92 Å². The third kappa shape index (κ3) is 4.13. The fourth-order valence-corrected chi connectivity index (χ4v) is 3.05. The third-order valence-corrected chi connectivity index (χ3v) is 4.36. The first-order chi connectivity index (χ1) is 11.6. The molecule has 3 rings (SSSR count). The molecule has 2 N–H and O–H groups in total. The Morgan fingerprint density at radius 1 is 1.29 bits per heavy atom. The number of rotatable bonds is 4. The Balaban J connectivity index is 1.52. The largest absolute Gasteiger partial charge is 0.336 e. The molecule has 128 valence electrons. The van der Waals surface area contributed by atoms with Crippen LogP contribution in [-0.2, 0) is 6.42 Å². The maximum atomic E-state index is 12.0. The third-order valence-electron chi connectivity index (χ3n) is 4.36. The van der Waals surface area contributed by atoms with Gasteiger partial charge in [-0.2, -0.15) is 5.10 Å². The van der Waals surface area contributed by atoms with E-state index >= 15 is 0 Å². The summed E-state index contributed by atoms with van der Waals surface area (Å²) in [6, 6.07) is 10.2. The number of H-pyrrole nitrogens is 1. The second-order valence-electron chi connectivity index (χ2n) is 6.71. The molecule has 0 bridgehead atoms. The Morgan fingerprint density at radius 2 is 2.00 bits per heavy atom. The van der Waals surface area contributed by atoms with Gasteiger partial charge in [-0.3, -0.25) is 5.10 Å². The topological polar surface area (TPSA) is 73.9 Å². The van der Waals surface area contributed by atoms with E-state index < -0.39 is 0 Å². The van der Waals surface area contributed by atoms with Gasteiger partial charge < -0.3 is 10.2 Å². The summed E-state index contributed by atoms with van der Waals surface area (Å²) in [5.74, 6) is 2.22. The number of piperidine rings is 1. The van der Waals surface area contributed by atoms with Gasteiger partial charge in [0.15, 0.2) is 5.82 Å². The van der Waals surface area contributed by atoms with Gasteiger partial charge in [-0.1, -0.05) is 30.3 Å². The minimum atomic E-state index is 0.0504. The van der Waals surface area contributed by atoms with Gasteiger partial charge in [0.1, 0.15) is 5.82 Å². The van der Waals surface area contributed by atoms with Gasteiger partial charge in [-0.15, -0.1) is 0 Å². The van der Waals surface area contributed by atoms with Crippen LogP contribution in [0.25, 0.3) is 11.4 Å². The van der Waals surface area contributed by atoms with Crippen molar-refractivity contribution in [1.29, 1.82) is 0 Å². The number of benzene rings is 1. The summed E-state index contributed by atoms with van der Waals surface area (Å²) in [7, 11) is 0. The van der Waals surface area contributed by atoms with Gasteiger partial charge in [-0.05, 0) is 32.6 Å². The quantitative estimate of drug-likeness (QED) is 0.907. The van der Waals surface area contributed by atoms with E-state index in [-0.39, 0.29) is 12.1 Å². The Hall–Kier alpha value is -2.37. The highest BCUT2D eigenvalue weighted by Crippen LogP contribution is 2.21. The molecule has 1 aromatic carbocycles. The van der Waals surface area contributed by atoms with Crippen LogP contribution < -0.4 is 5.32 Å². The Kier molecular flexibility index (Phi) is 5.13. The van der Waals surface area contributed by atoms with Crippen LogP contribution in [0.2, 0.25) is 0 Å². The zero-order valence-corrected chi connectivity index (χ0v) is 14.3. The highest BCUT2D eigenvalue weighted by molar-refractivity contribution is 5.74. The molecule has 0 unspecified atom stereocenters. The number of amides is 2. The van der Waals surface area contributed by atoms with E-state index in [0.717, 1.165) is 49.6 Å². The van der Waals surface area contributed by atoms with Crippen LogP contribution in [0.5, 0.6) is 0 Å². The van der Waals surface area contributed by atoms with Crippen LogP contribution in [0, 0.1) is 5.92 Å². The number of aromatic nitrogens is 3. The number of hydrogen-bond acceptors (Lipinski definition) is 3. The number of carbonyl (C=O) groups excluding carboxylic acids is 1. The number of nitrogens with one attached hydrogen (secondary N) is 2. The second-order valence-corrected chi connectivity index (χ2v) is 6.71. The Bertz CT molecular complexity index is 659. The van der Waals surface area contributed by atoms with Gasteiger partial charge in [0, 0.05) is 31.1 Å². The van der Waals surface area contributed by atoms with E-state index in [1.807, 2.05) is 49.1 Å². The van der Waals surface area contributed by atoms with Crippen LogP contribution in [0.3, 0.4) is 0 Å². The summed E-state index contributed by atoms with van der Waals surface area (Å²) >= 11 is 0. The van der Waals surface area contributed by atoms with Crippen LogP contribution in [0.1, 0.15) is 32.5 Å². The van der Waals surface area contributed by atoms with Crippen molar-refractivity contribution >= 4 is 6.03 Å². The normalized spacial score (nSPS) is 15.7. The van der Waals surface area contributed by atoms with Crippen molar-refractivity contribution in [3.8, 4) is 11.4 Å². The molecule has 2 aromatic rings. The van der Waals surface area contributed by atoms with Crippen molar-refractivity contribution in [2.45, 2.75) is 39.2 Å². The smallest absolute Gasteiger partial charge is 0.317 e. The molecule has 1 aliphatic rings. The highest BCUT2D eigenvalue weighted by atomic mass is 16.2. The van der Waals surface area contributed by atoms with Gasteiger partial charge in [0.2, 0.25) is 0 Å². The molecule has 0 spiro atoms. The number of aromatic amines is 1. The fourth-order valence-electron chi connectivity index (χ4n) is 3.05. The second kappa shape index (κ2) is 7.47. The first kappa shape index (κ1) is 16.5. The molecule has 1 aliphatic heterocycles. The first-order valence-electron chi connectivity index (χ1n) is 8.64. The van der Waals surface area contributed by atoms with E-state index in [1.54, 1.807) is 0 Å². The van der Waals surface area contributed by atoms with Crippen LogP contribution in [0.15, 0.2) is 30.3 Å². The number of hydrogen-bond donors (Lipinski definition) is 2. The molecule has 6 nitrogen and oxygen atoms in total. The van der Waals surface area contributed by atoms with Crippen molar-refractivity contribution in [3.63, 3.8) is 0 Å². The molecular weight excluding hydrogens is 302 g/mol. The van der Waals surface area contributed by atoms with Crippen molar-refractivity contribution in [3.05, 3.63) is 36.2 Å². The fraction of sp³-hybridized carbons (Fsp3) is 0.500. The van der Waals surface area contributed by atoms with Gasteiger partial charge in [-0.25, -0.2) is 9.78 Å². The predicted molar refractivity (Wildman–Crippen MR) is 93.5 cm³/mol. The van der Waals surface area contributed by atoms with Gasteiger partial charge in [0.05, 0.1) is 0 Å². The first-order valence-corrected chi connectivity index (χ1v) is 8.64. The van der Waals surface area contributed by atoms with E-state index in [4.69, 9.17) is 0 Å². The summed E-state index contributed by atoms with van der Waals surface area (Å²) in [6.45, 7) is 5.59. The number of carbonyl (C=O) groups is 1. The number of likely N-dealkylation sites (tertiary alicyclic amines) is 1. The van der Waals surface area contributed by atoms with Crippen molar-refractivity contribution < 1.29 is 4.79 Å². The average molecular weight is 327 g/mol. The molecule has 2 amide bonds. The minimum absolute atomic E-state index is 0.0504. The van der Waals surface area contributed by atoms with E-state index in [9.17, 15) is 4.79 Å². The molecule has 1 fully saturated rings. The summed E-state index contributed by atoms with van der Waals surface area (Å²) in [5, 5.41) is 10.3. The van der Waals surface area contributed by atoms with E-state index in [2.05, 4.69) is 20.5 Å². The summed E-state index contributed by atoms with van der Waals surface area (Å²) < 4.78 is 0. The number of urea groups is 1. The summed E-state index contributed by atoms with van der Waals surface area (Å²) in [6.07, 6.45) is 2.90. The molecule has 6 heteroatoms. The predicted octanol–water partition coefficient (Wildman–Crippen LogP) is 2.84. The molecule has 0 aliphatic carbocycles. The summed E-state index contributed by atoms with van der Waals surface area (Å²) in [4.78, 5) is 18.5. The van der Waals surface area contributed by atoms with Crippen LogP contribution >= 0.6 is 0 Å². The van der Waals surface area contributed by atoms with Gasteiger partial charge >= 0.3 is 6.03 Å². The molecule has 1 saturated heterocycles. The summed E-state index contributed by atoms with van der Waals surface area (Å²) in [5.41, 5.74) is 1.03. The molecule has 0 radical (unpaired) electrons. The molecule has 1 aromatic heterocycles. The van der Waals surface area contributed by atoms with E-state index in [1.165, 1.54) is 0 Å². The zero-order chi connectivity index (χ0) is 16.9. The van der Waals surface area contributed by atoms with Crippen molar-refractivity contribution in [1.82, 2.24) is 25.4 Å². The lowest BCUT2D eigenvalue weighted by Gasteiger charge is -2.32. The standard InChI is InChI=1S/C18H25N5O/c1-13(2)19-18(24)23-10-8-14(9-11-23)12-16-20-17(22-21-16)15-6-4-3-5-7-15/h3-7,13-14H,8-12H2,1-2H3,(H,19,24)(H,20,21,22). The van der Waals surface area contributed by atoms with Crippen LogP contribution in [0.4, 0.5) is 4.79 Å². The minimum Gasteiger partial charge on any atom is -0.336 e. The van der Waals surface area contributed by atoms with Gasteiger partial charge in [0.25, 0.3) is 0 Å². The Labute approximate surface area is 142 Å². The maximum absolute atomic E-state index is 12.0. The maximum Gasteiger partial charge on any atom is 0.317 e. The molecular formula is C18H25N5O. The Morgan fingerprint density at radius 3 is 2.67 bits per heavy atom. The molecule has 0 atom stereocenters. The van der Waals surface area contributed by atoms with Crippen molar-refractivity contribution in [2.75, 3.05) is 13.1 Å². The SMILES string of the molecule is CC(C)NC(=O)N1CCC(Cc2nc(-c3ccccc3)n[nH]2)CC1. The lowest BCUT2D eigenvalue weighted by atomic mass is 9.93. The average Bonchev–Trinajstić information content (AvgIpc) is 3.04. The lowest BCUT2D eigenvalue weighted by molar-refractivity contribution is 0.168. The van der Waals surface area contributed by atoms with E-state index in [0.29, 0.717) is 5.92 Å². The van der Waals surface area contributed by atoms with Crippen LogP contribution in [-0.4, -0.2) is 45.2 Å². The molecule has 2 heterocycles. The lowest BCUT2D eigenvalue weighted by Crippen LogP contribution is -2.46. The highest BCUT2D eigenvalue weighted by Gasteiger charge is 2.24. The molecule has 24 heavy (non-hydrogen) atoms. The zero-order valence-electron chi connectivity index (χ0n) is 14.3. The number of nitrogens with zero attached hydrogens (tertiary/aromatic N) is 3. The molecule has 0 saturated carbocycles. The monoisotopic (exact) mass is 327 g/mol.